The van der Waals surface area contributed by atoms with Crippen molar-refractivity contribution in [3.8, 4) is 11.4 Å². The summed E-state index contributed by atoms with van der Waals surface area (Å²) in [6.07, 6.45) is 0. The Bertz CT molecular complexity index is 1470. The molecule has 11 heteroatoms. The van der Waals surface area contributed by atoms with Gasteiger partial charge in [-0.2, -0.15) is 0 Å². The van der Waals surface area contributed by atoms with E-state index in [2.05, 4.69) is 25.0 Å². The van der Waals surface area contributed by atoms with E-state index in [0.717, 1.165) is 16.6 Å². The highest BCUT2D eigenvalue weighted by atomic mass is 32.2. The van der Waals surface area contributed by atoms with Crippen LogP contribution in [0.3, 0.4) is 0 Å². The molecule has 0 bridgehead atoms. The molecule has 0 aliphatic carbocycles. The number of para-hydroxylation sites is 2. The number of nitrogens with one attached hydrogen (secondary N) is 4. The lowest BCUT2D eigenvalue weighted by atomic mass is 10.2. The SMILES string of the molecule is CCOC(=O)c1c(C)[nH]c(C)c1S(=O)(=O)NCC(=O)Nc1ccc(-c2nc3ccccc3[nH]2)cc1. The molecule has 0 spiro atoms. The van der Waals surface area contributed by atoms with Crippen molar-refractivity contribution in [2.75, 3.05) is 18.5 Å². The molecule has 0 unspecified atom stereocenters. The molecule has 4 aromatic rings. The van der Waals surface area contributed by atoms with Crippen LogP contribution in [0.15, 0.2) is 53.4 Å². The molecule has 0 radical (unpaired) electrons. The van der Waals surface area contributed by atoms with Crippen LogP contribution in [0.2, 0.25) is 0 Å². The number of carbonyl (C=O) groups is 2. The van der Waals surface area contributed by atoms with Gasteiger partial charge in [-0.05, 0) is 57.2 Å². The van der Waals surface area contributed by atoms with E-state index in [-0.39, 0.29) is 22.8 Å². The van der Waals surface area contributed by atoms with Crippen molar-refractivity contribution in [3.63, 3.8) is 0 Å². The highest BCUT2D eigenvalue weighted by Gasteiger charge is 2.30. The zero-order chi connectivity index (χ0) is 25.2. The van der Waals surface area contributed by atoms with Gasteiger partial charge in [0.15, 0.2) is 0 Å². The highest BCUT2D eigenvalue weighted by molar-refractivity contribution is 7.89. The summed E-state index contributed by atoms with van der Waals surface area (Å²) in [7, 11) is -4.16. The molecule has 0 aliphatic heterocycles. The Hall–Kier alpha value is -3.96. The minimum absolute atomic E-state index is 0.0709. The number of hydrogen-bond donors (Lipinski definition) is 4. The molecule has 35 heavy (non-hydrogen) atoms. The lowest BCUT2D eigenvalue weighted by Gasteiger charge is -2.10. The van der Waals surface area contributed by atoms with Crippen molar-refractivity contribution < 1.29 is 22.7 Å². The van der Waals surface area contributed by atoms with Crippen molar-refractivity contribution in [2.45, 2.75) is 25.7 Å². The van der Waals surface area contributed by atoms with E-state index in [0.29, 0.717) is 17.2 Å². The van der Waals surface area contributed by atoms with Crippen LogP contribution in [0.25, 0.3) is 22.4 Å². The van der Waals surface area contributed by atoms with Crippen molar-refractivity contribution >= 4 is 38.6 Å². The van der Waals surface area contributed by atoms with Crippen LogP contribution in [0.1, 0.15) is 28.7 Å². The molecule has 1 amide bonds. The molecule has 10 nitrogen and oxygen atoms in total. The predicted molar refractivity (Wildman–Crippen MR) is 132 cm³/mol. The van der Waals surface area contributed by atoms with Gasteiger partial charge in [-0.25, -0.2) is 22.9 Å². The van der Waals surface area contributed by atoms with E-state index in [9.17, 15) is 18.0 Å². The zero-order valence-corrected chi connectivity index (χ0v) is 20.2. The first-order chi connectivity index (χ1) is 16.7. The second-order valence-electron chi connectivity index (χ2n) is 7.85. The van der Waals surface area contributed by atoms with Crippen LogP contribution in [0.5, 0.6) is 0 Å². The molecule has 0 saturated heterocycles. The smallest absolute Gasteiger partial charge is 0.341 e. The van der Waals surface area contributed by atoms with Crippen molar-refractivity contribution in [1.29, 1.82) is 0 Å². The van der Waals surface area contributed by atoms with Crippen LogP contribution in [-0.4, -0.2) is 48.4 Å². The number of hydrogen-bond acceptors (Lipinski definition) is 6. The van der Waals surface area contributed by atoms with Gasteiger partial charge in [0.1, 0.15) is 16.3 Å². The Kier molecular flexibility index (Phi) is 6.72. The number of imidazole rings is 1. The quantitative estimate of drug-likeness (QED) is 0.276. The number of nitrogens with zero attached hydrogens (tertiary/aromatic N) is 1. The number of esters is 1. The summed E-state index contributed by atoms with van der Waals surface area (Å²) in [5, 5.41) is 2.65. The van der Waals surface area contributed by atoms with E-state index in [1.54, 1.807) is 38.1 Å². The number of amides is 1. The van der Waals surface area contributed by atoms with Gasteiger partial charge in [-0.15, -0.1) is 0 Å². The number of benzene rings is 2. The van der Waals surface area contributed by atoms with Crippen molar-refractivity contribution in [3.05, 3.63) is 65.5 Å². The maximum atomic E-state index is 12.9. The lowest BCUT2D eigenvalue weighted by Crippen LogP contribution is -2.33. The Balaban J connectivity index is 1.42. The van der Waals surface area contributed by atoms with Gasteiger partial charge < -0.3 is 20.0 Å². The second-order valence-corrected chi connectivity index (χ2v) is 9.56. The summed E-state index contributed by atoms with van der Waals surface area (Å²) in [5.74, 6) is -0.609. The molecule has 4 rings (SSSR count). The number of aromatic nitrogens is 3. The third kappa shape index (κ3) is 5.10. The molecule has 2 aromatic heterocycles. The molecular formula is C24H25N5O5S. The second kappa shape index (κ2) is 9.72. The monoisotopic (exact) mass is 495 g/mol. The van der Waals surface area contributed by atoms with E-state index < -0.39 is 28.4 Å². The number of rotatable bonds is 8. The normalized spacial score (nSPS) is 11.5. The average molecular weight is 496 g/mol. The van der Waals surface area contributed by atoms with E-state index in [1.807, 2.05) is 24.3 Å². The first-order valence-corrected chi connectivity index (χ1v) is 12.4. The highest BCUT2D eigenvalue weighted by Crippen LogP contribution is 2.25. The summed E-state index contributed by atoms with van der Waals surface area (Å²) < 4.78 is 33.0. The maximum Gasteiger partial charge on any atom is 0.341 e. The van der Waals surface area contributed by atoms with Crippen molar-refractivity contribution in [2.24, 2.45) is 0 Å². The number of H-pyrrole nitrogens is 2. The third-order valence-electron chi connectivity index (χ3n) is 5.32. The summed E-state index contributed by atoms with van der Waals surface area (Å²) in [6.45, 7) is 4.34. The molecule has 0 aliphatic rings. The van der Waals surface area contributed by atoms with Crippen LogP contribution >= 0.6 is 0 Å². The number of fused-ring (bicyclic) bond motifs is 1. The van der Waals surface area contributed by atoms with Crippen LogP contribution in [0, 0.1) is 13.8 Å². The number of aryl methyl sites for hydroxylation is 2. The molecule has 182 valence electrons. The number of carbonyl (C=O) groups excluding carboxylic acids is 2. The zero-order valence-electron chi connectivity index (χ0n) is 19.4. The summed E-state index contributed by atoms with van der Waals surface area (Å²) in [5.41, 5.74) is 3.69. The predicted octanol–water partition coefficient (Wildman–Crippen LogP) is 3.27. The van der Waals surface area contributed by atoms with E-state index in [4.69, 9.17) is 4.74 Å². The summed E-state index contributed by atoms with van der Waals surface area (Å²) in [6, 6.07) is 14.7. The van der Waals surface area contributed by atoms with Crippen LogP contribution in [0.4, 0.5) is 5.69 Å². The number of aromatic amines is 2. The molecule has 4 N–H and O–H groups in total. The standard InChI is InChI=1S/C24H25N5O5S/c1-4-34-24(31)21-14(2)26-15(3)22(21)35(32,33)25-13-20(30)27-17-11-9-16(10-12-17)23-28-18-7-5-6-8-19(18)29-23/h5-12,25-26H,4,13H2,1-3H3,(H,27,30)(H,28,29). The van der Waals surface area contributed by atoms with Gasteiger partial charge in [0.2, 0.25) is 15.9 Å². The topological polar surface area (TPSA) is 146 Å². The van der Waals surface area contributed by atoms with Crippen LogP contribution < -0.4 is 10.0 Å². The molecule has 2 heterocycles. The van der Waals surface area contributed by atoms with Gasteiger partial charge in [-0.3, -0.25) is 4.79 Å². The fourth-order valence-corrected chi connectivity index (χ4v) is 5.21. The summed E-state index contributed by atoms with van der Waals surface area (Å²) >= 11 is 0. The number of sulfonamides is 1. The lowest BCUT2D eigenvalue weighted by molar-refractivity contribution is -0.115. The van der Waals surface area contributed by atoms with Gasteiger partial charge in [0.05, 0.1) is 24.2 Å². The largest absolute Gasteiger partial charge is 0.462 e. The molecular weight excluding hydrogens is 470 g/mol. The average Bonchev–Trinajstić information content (AvgIpc) is 3.39. The number of anilines is 1. The minimum Gasteiger partial charge on any atom is -0.462 e. The van der Waals surface area contributed by atoms with Gasteiger partial charge in [0.25, 0.3) is 0 Å². The molecule has 0 saturated carbocycles. The van der Waals surface area contributed by atoms with E-state index in [1.165, 1.54) is 6.92 Å². The Morgan fingerprint density at radius 1 is 1.00 bits per heavy atom. The third-order valence-corrected chi connectivity index (χ3v) is 6.89. The first-order valence-electron chi connectivity index (χ1n) is 10.9. The van der Waals surface area contributed by atoms with E-state index >= 15 is 0 Å². The number of ether oxygens (including phenoxy) is 1. The summed E-state index contributed by atoms with van der Waals surface area (Å²) in [4.78, 5) is 35.1. The molecule has 0 fully saturated rings. The maximum absolute atomic E-state index is 12.9. The van der Waals surface area contributed by atoms with Gasteiger partial charge in [-0.1, -0.05) is 12.1 Å². The Morgan fingerprint density at radius 2 is 1.71 bits per heavy atom. The minimum atomic E-state index is -4.16. The first kappa shape index (κ1) is 24.2. The molecule has 0 atom stereocenters. The van der Waals surface area contributed by atoms with Crippen molar-refractivity contribution in [1.82, 2.24) is 19.7 Å². The molecule has 2 aromatic carbocycles. The fourth-order valence-electron chi connectivity index (χ4n) is 3.78. The Labute approximate surface area is 202 Å². The fraction of sp³-hybridized carbons (Fsp3) is 0.208. The Morgan fingerprint density at radius 3 is 2.40 bits per heavy atom. The van der Waals surface area contributed by atoms with Gasteiger partial charge >= 0.3 is 5.97 Å². The van der Waals surface area contributed by atoms with Crippen LogP contribution in [-0.2, 0) is 19.6 Å². The van der Waals surface area contributed by atoms with Gasteiger partial charge in [0, 0.05) is 22.6 Å².